The molecule has 0 fully saturated rings. The second kappa shape index (κ2) is 16.5. The largest absolute Gasteiger partial charge is 0.489 e. The Bertz CT molecular complexity index is 1670. The minimum absolute atomic E-state index is 0.0245. The van der Waals surface area contributed by atoms with Crippen LogP contribution in [0.2, 0.25) is 0 Å². The fraction of sp³-hybridized carbons (Fsp3) is 0.368. The van der Waals surface area contributed by atoms with E-state index < -0.39 is 53.3 Å². The van der Waals surface area contributed by atoms with E-state index in [1.54, 1.807) is 69.3 Å². The SMILES string of the molecule is CCCCC(=O)NCC1(O)C(NC(=O)[C@@H](NC(=O)OCc2ccccc2)C(C)(C)C)=C(c2ccc(OCc3ccccc3)cc2)C=NC1(F)F. The van der Waals surface area contributed by atoms with Crippen molar-refractivity contribution in [3.63, 3.8) is 0 Å². The van der Waals surface area contributed by atoms with E-state index in [1.807, 2.05) is 43.3 Å². The van der Waals surface area contributed by atoms with Crippen molar-refractivity contribution in [3.05, 3.63) is 107 Å². The van der Waals surface area contributed by atoms with E-state index >= 15 is 8.78 Å². The van der Waals surface area contributed by atoms with Gasteiger partial charge in [0.05, 0.1) is 12.2 Å². The third-order valence-electron chi connectivity index (χ3n) is 8.10. The number of aliphatic imine (C=N–C) groups is 1. The molecule has 1 aliphatic heterocycles. The van der Waals surface area contributed by atoms with Crippen LogP contribution in [0.4, 0.5) is 13.6 Å². The highest BCUT2D eigenvalue weighted by molar-refractivity contribution is 6.13. The number of ether oxygens (including phenoxy) is 2. The Morgan fingerprint density at radius 2 is 1.50 bits per heavy atom. The van der Waals surface area contributed by atoms with Crippen LogP contribution in [0.3, 0.4) is 0 Å². The van der Waals surface area contributed by atoms with E-state index in [0.717, 1.165) is 17.3 Å². The summed E-state index contributed by atoms with van der Waals surface area (Å²) < 4.78 is 42.6. The van der Waals surface area contributed by atoms with Crippen molar-refractivity contribution in [2.45, 2.75) is 77.9 Å². The molecule has 0 aromatic heterocycles. The van der Waals surface area contributed by atoms with Crippen LogP contribution in [0.25, 0.3) is 5.57 Å². The van der Waals surface area contributed by atoms with E-state index in [4.69, 9.17) is 9.47 Å². The number of benzene rings is 3. The van der Waals surface area contributed by atoms with E-state index in [2.05, 4.69) is 20.9 Å². The first-order valence-corrected chi connectivity index (χ1v) is 16.5. The van der Waals surface area contributed by atoms with Crippen LogP contribution in [0.15, 0.2) is 95.6 Å². The van der Waals surface area contributed by atoms with Crippen LogP contribution in [0.1, 0.15) is 63.6 Å². The number of hydrogen-bond acceptors (Lipinski definition) is 7. The van der Waals surface area contributed by atoms with Gasteiger partial charge in [-0.3, -0.25) is 9.59 Å². The highest BCUT2D eigenvalue weighted by Crippen LogP contribution is 2.41. The van der Waals surface area contributed by atoms with Gasteiger partial charge >= 0.3 is 12.1 Å². The first kappa shape index (κ1) is 37.7. The maximum absolute atomic E-state index is 15.7. The number of alkyl halides is 2. The Balaban J connectivity index is 1.66. The molecular weight excluding hydrogens is 646 g/mol. The molecule has 3 aromatic rings. The molecule has 0 spiro atoms. The Hall–Kier alpha value is -5.10. The molecule has 0 bridgehead atoms. The summed E-state index contributed by atoms with van der Waals surface area (Å²) in [6, 6.07) is 19.4. The topological polar surface area (TPSA) is 138 Å². The average molecular weight is 691 g/mol. The zero-order chi connectivity index (χ0) is 36.4. The molecule has 10 nitrogen and oxygen atoms in total. The van der Waals surface area contributed by atoms with E-state index in [9.17, 15) is 19.5 Å². The average Bonchev–Trinajstić information content (AvgIpc) is 3.10. The maximum atomic E-state index is 15.7. The van der Waals surface area contributed by atoms with Crippen molar-refractivity contribution < 1.29 is 37.7 Å². The molecule has 50 heavy (non-hydrogen) atoms. The molecule has 1 unspecified atom stereocenters. The number of hydrogen-bond donors (Lipinski definition) is 4. The molecule has 4 rings (SSSR count). The fourth-order valence-electron chi connectivity index (χ4n) is 5.15. The normalized spacial score (nSPS) is 17.4. The summed E-state index contributed by atoms with van der Waals surface area (Å²) in [5, 5.41) is 19.2. The minimum Gasteiger partial charge on any atom is -0.489 e. The minimum atomic E-state index is -4.16. The van der Waals surface area contributed by atoms with Crippen LogP contribution in [0, 0.1) is 5.41 Å². The van der Waals surface area contributed by atoms with E-state index in [1.165, 1.54) is 0 Å². The molecule has 3 aromatic carbocycles. The van der Waals surface area contributed by atoms with Crippen LogP contribution in [-0.2, 0) is 27.5 Å². The van der Waals surface area contributed by atoms with Crippen molar-refractivity contribution in [2.75, 3.05) is 6.54 Å². The summed E-state index contributed by atoms with van der Waals surface area (Å²) in [5.74, 6) is -0.953. The second-order valence-electron chi connectivity index (χ2n) is 13.1. The third-order valence-corrected chi connectivity index (χ3v) is 8.10. The van der Waals surface area contributed by atoms with Gasteiger partial charge in [0.25, 0.3) is 0 Å². The maximum Gasteiger partial charge on any atom is 0.408 e. The molecule has 0 aliphatic carbocycles. The lowest BCUT2D eigenvalue weighted by Gasteiger charge is -2.40. The van der Waals surface area contributed by atoms with Crippen molar-refractivity contribution in [1.82, 2.24) is 16.0 Å². The molecule has 3 amide bonds. The van der Waals surface area contributed by atoms with E-state index in [0.29, 0.717) is 30.8 Å². The molecule has 4 N–H and O–H groups in total. The lowest BCUT2D eigenvalue weighted by Crippen LogP contribution is -2.63. The second-order valence-corrected chi connectivity index (χ2v) is 13.1. The van der Waals surface area contributed by atoms with Crippen molar-refractivity contribution in [2.24, 2.45) is 10.4 Å². The fourth-order valence-corrected chi connectivity index (χ4v) is 5.15. The Kier molecular flexibility index (Phi) is 12.5. The Labute approximate surface area is 291 Å². The van der Waals surface area contributed by atoms with Crippen LogP contribution < -0.4 is 20.7 Å². The molecule has 1 aliphatic rings. The third kappa shape index (κ3) is 9.75. The monoisotopic (exact) mass is 690 g/mol. The number of carbonyl (C=O) groups excluding carboxylic acids is 3. The van der Waals surface area contributed by atoms with Gasteiger partial charge in [0.1, 0.15) is 25.0 Å². The number of allylic oxidation sites excluding steroid dienone is 1. The molecule has 0 radical (unpaired) electrons. The van der Waals surface area contributed by atoms with Crippen molar-refractivity contribution in [1.29, 1.82) is 0 Å². The van der Waals surface area contributed by atoms with Gasteiger partial charge < -0.3 is 30.5 Å². The van der Waals surface area contributed by atoms with Gasteiger partial charge in [-0.15, -0.1) is 0 Å². The zero-order valence-corrected chi connectivity index (χ0v) is 28.7. The lowest BCUT2D eigenvalue weighted by atomic mass is 9.84. The van der Waals surface area contributed by atoms with Crippen LogP contribution >= 0.6 is 0 Å². The van der Waals surface area contributed by atoms with Gasteiger partial charge in [0, 0.05) is 18.2 Å². The van der Waals surface area contributed by atoms with Gasteiger partial charge in [0.15, 0.2) is 0 Å². The summed E-state index contributed by atoms with van der Waals surface area (Å²) in [4.78, 5) is 42.7. The summed E-state index contributed by atoms with van der Waals surface area (Å²) in [5.41, 5.74) is -2.74. The number of carbonyl (C=O) groups is 3. The van der Waals surface area contributed by atoms with Crippen molar-refractivity contribution in [3.8, 4) is 5.75 Å². The lowest BCUT2D eigenvalue weighted by molar-refractivity contribution is -0.159. The highest BCUT2D eigenvalue weighted by Gasteiger charge is 2.59. The predicted octanol–water partition coefficient (Wildman–Crippen LogP) is 6.15. The summed E-state index contributed by atoms with van der Waals surface area (Å²) in [6.07, 6.45) is 1.24. The van der Waals surface area contributed by atoms with E-state index in [-0.39, 0.29) is 18.6 Å². The number of rotatable bonds is 14. The standard InChI is InChI=1S/C38H44F2N4O6/c1-5-6-17-31(45)41-25-37(48)32(43-34(46)33(36(2,3)4)44-35(47)50-24-27-15-11-8-12-16-27)30(22-42-38(37,39)40)28-18-20-29(21-19-28)49-23-26-13-9-7-10-14-26/h7-16,18-22,33,48H,5-6,17,23-25H2,1-4H3,(H,41,45)(H,43,46)(H,44,47)/t33-,37?/m1/s1. The first-order valence-electron chi connectivity index (χ1n) is 16.5. The summed E-state index contributed by atoms with van der Waals surface area (Å²) in [7, 11) is 0. The van der Waals surface area contributed by atoms with Crippen LogP contribution in [-0.4, -0.2) is 53.5 Å². The number of nitrogens with zero attached hydrogens (tertiary/aromatic N) is 1. The van der Waals surface area contributed by atoms with Gasteiger partial charge in [-0.1, -0.05) is 107 Å². The molecule has 0 saturated carbocycles. The Morgan fingerprint density at radius 3 is 2.08 bits per heavy atom. The molecular formula is C38H44F2N4O6. The van der Waals surface area contributed by atoms with Gasteiger partial charge in [0.2, 0.25) is 17.4 Å². The number of unbranched alkanes of at least 4 members (excludes halogenated alkanes) is 1. The molecule has 12 heteroatoms. The number of aliphatic hydroxyl groups is 1. The number of dihydropyridines is 1. The van der Waals surface area contributed by atoms with Crippen LogP contribution in [0.5, 0.6) is 5.75 Å². The highest BCUT2D eigenvalue weighted by atomic mass is 19.3. The van der Waals surface area contributed by atoms with Gasteiger partial charge in [-0.05, 0) is 40.7 Å². The van der Waals surface area contributed by atoms with Gasteiger partial charge in [-0.2, -0.15) is 8.78 Å². The molecule has 1 heterocycles. The molecule has 2 atom stereocenters. The van der Waals surface area contributed by atoms with Gasteiger partial charge in [-0.25, -0.2) is 9.79 Å². The molecule has 0 saturated heterocycles. The summed E-state index contributed by atoms with van der Waals surface area (Å²) in [6.45, 7) is 6.18. The Morgan fingerprint density at radius 1 is 0.900 bits per heavy atom. The van der Waals surface area contributed by atoms with Crippen molar-refractivity contribution >= 4 is 29.7 Å². The smallest absolute Gasteiger partial charge is 0.408 e. The summed E-state index contributed by atoms with van der Waals surface area (Å²) >= 11 is 0. The number of halogens is 2. The predicted molar refractivity (Wildman–Crippen MR) is 186 cm³/mol. The zero-order valence-electron chi connectivity index (χ0n) is 28.7. The number of nitrogens with one attached hydrogen (secondary N) is 3. The quantitative estimate of drug-likeness (QED) is 0.150. The first-order chi connectivity index (χ1) is 23.7. The number of alkyl carbamates (subject to hydrolysis) is 1. The molecule has 266 valence electrons. The number of amides is 3.